The molecule has 0 bridgehead atoms. The van der Waals surface area contributed by atoms with E-state index in [0.717, 1.165) is 17.7 Å². The van der Waals surface area contributed by atoms with Crippen LogP contribution in [-0.2, 0) is 16.1 Å². The minimum atomic E-state index is -1.65. The zero-order chi connectivity index (χ0) is 21.6. The maximum Gasteiger partial charge on any atom is 0.280 e. The van der Waals surface area contributed by atoms with Crippen LogP contribution in [0.15, 0.2) is 42.5 Å². The van der Waals surface area contributed by atoms with Gasteiger partial charge in [0.2, 0.25) is 0 Å². The lowest BCUT2D eigenvalue weighted by Crippen LogP contribution is -3.15. The quantitative estimate of drug-likeness (QED) is 0.657. The monoisotopic (exact) mass is 408 g/mol. The van der Waals surface area contributed by atoms with Gasteiger partial charge in [0, 0.05) is 13.1 Å². The van der Waals surface area contributed by atoms with Gasteiger partial charge in [-0.2, -0.15) is 0 Å². The van der Waals surface area contributed by atoms with Crippen molar-refractivity contribution in [1.29, 1.82) is 0 Å². The lowest BCUT2D eigenvalue weighted by atomic mass is 10.2. The van der Waals surface area contributed by atoms with Crippen LogP contribution in [-0.4, -0.2) is 42.9 Å². The summed E-state index contributed by atoms with van der Waals surface area (Å²) in [6.45, 7) is 4.41. The molecule has 2 aromatic rings. The summed E-state index contributed by atoms with van der Waals surface area (Å²) in [6, 6.07) is 10.7. The predicted octanol–water partition coefficient (Wildman–Crippen LogP) is 1.99. The molecule has 2 aromatic carbocycles. The van der Waals surface area contributed by atoms with Crippen LogP contribution in [0.25, 0.3) is 0 Å². The van der Waals surface area contributed by atoms with Crippen LogP contribution in [0.5, 0.6) is 0 Å². The van der Waals surface area contributed by atoms with Gasteiger partial charge in [-0.05, 0) is 31.5 Å². The van der Waals surface area contributed by atoms with E-state index in [1.165, 1.54) is 0 Å². The highest BCUT2D eigenvalue weighted by molar-refractivity contribution is 5.91. The number of benzene rings is 2. The van der Waals surface area contributed by atoms with E-state index >= 15 is 0 Å². The van der Waals surface area contributed by atoms with Crippen molar-refractivity contribution in [2.24, 2.45) is 0 Å². The van der Waals surface area contributed by atoms with Gasteiger partial charge in [0.1, 0.15) is 0 Å². The lowest BCUT2D eigenvalue weighted by molar-refractivity contribution is -0.886. The van der Waals surface area contributed by atoms with Gasteiger partial charge in [-0.25, -0.2) is 13.2 Å². The van der Waals surface area contributed by atoms with Gasteiger partial charge in [0.05, 0.1) is 12.7 Å². The van der Waals surface area contributed by atoms with Crippen LogP contribution >= 0.6 is 0 Å². The molecule has 29 heavy (non-hydrogen) atoms. The fourth-order valence-corrected chi connectivity index (χ4v) is 2.86. The van der Waals surface area contributed by atoms with Crippen LogP contribution in [0.2, 0.25) is 0 Å². The molecule has 0 aromatic heterocycles. The van der Waals surface area contributed by atoms with E-state index in [4.69, 9.17) is 0 Å². The second-order valence-electron chi connectivity index (χ2n) is 6.85. The zero-order valence-electron chi connectivity index (χ0n) is 16.6. The number of carbonyl (C=O) groups is 2. The van der Waals surface area contributed by atoms with Gasteiger partial charge in [-0.15, -0.1) is 0 Å². The summed E-state index contributed by atoms with van der Waals surface area (Å²) in [5, 5.41) is 2.22. The first kappa shape index (κ1) is 22.4. The van der Waals surface area contributed by atoms with E-state index < -0.39 is 35.1 Å². The number of rotatable bonds is 8. The van der Waals surface area contributed by atoms with Crippen molar-refractivity contribution in [3.05, 3.63) is 65.5 Å². The van der Waals surface area contributed by atoms with Crippen molar-refractivity contribution >= 4 is 17.5 Å². The third-order valence-electron chi connectivity index (χ3n) is 4.77. The largest absolute Gasteiger partial charge is 0.334 e. The second kappa shape index (κ2) is 10.1. The summed E-state index contributed by atoms with van der Waals surface area (Å²) in [5.74, 6) is -5.17. The molecule has 1 unspecified atom stereocenters. The zero-order valence-corrected chi connectivity index (χ0v) is 16.6. The average Bonchev–Trinajstić information content (AvgIpc) is 2.72. The van der Waals surface area contributed by atoms with Crippen molar-refractivity contribution in [3.63, 3.8) is 0 Å². The molecular weight excluding hydrogens is 383 g/mol. The van der Waals surface area contributed by atoms with Crippen molar-refractivity contribution in [2.45, 2.75) is 26.4 Å². The second-order valence-corrected chi connectivity index (χ2v) is 6.85. The molecule has 2 rings (SSSR count). The predicted molar refractivity (Wildman–Crippen MR) is 104 cm³/mol. The van der Waals surface area contributed by atoms with Gasteiger partial charge < -0.3 is 15.1 Å². The topological polar surface area (TPSA) is 53.9 Å². The molecule has 8 heteroatoms. The average molecular weight is 408 g/mol. The maximum atomic E-state index is 13.7. The third-order valence-corrected chi connectivity index (χ3v) is 4.77. The molecule has 0 saturated heterocycles. The summed E-state index contributed by atoms with van der Waals surface area (Å²) in [5.41, 5.74) is 0.555. The first-order valence-electron chi connectivity index (χ1n) is 9.33. The van der Waals surface area contributed by atoms with E-state index in [-0.39, 0.29) is 12.5 Å². The molecule has 2 amide bonds. The van der Waals surface area contributed by atoms with Crippen molar-refractivity contribution in [1.82, 2.24) is 4.90 Å². The molecule has 2 N–H and O–H groups in total. The van der Waals surface area contributed by atoms with Crippen LogP contribution < -0.4 is 10.2 Å². The highest BCUT2D eigenvalue weighted by Gasteiger charge is 2.28. The van der Waals surface area contributed by atoms with E-state index in [0.29, 0.717) is 18.0 Å². The van der Waals surface area contributed by atoms with Crippen LogP contribution in [0.1, 0.15) is 19.4 Å². The molecule has 0 fully saturated rings. The Labute approximate surface area is 168 Å². The van der Waals surface area contributed by atoms with Crippen LogP contribution in [0.3, 0.4) is 0 Å². The molecule has 0 spiro atoms. The smallest absolute Gasteiger partial charge is 0.280 e. The highest BCUT2D eigenvalue weighted by Crippen LogP contribution is 2.19. The number of nitrogens with zero attached hydrogens (tertiary/aromatic N) is 1. The normalized spacial score (nSPS) is 12.9. The van der Waals surface area contributed by atoms with Gasteiger partial charge in [-0.1, -0.05) is 30.3 Å². The number of hydrogen-bond acceptors (Lipinski definition) is 2. The minimum Gasteiger partial charge on any atom is -0.334 e. The Hall–Kier alpha value is -2.87. The third kappa shape index (κ3) is 5.80. The summed E-state index contributed by atoms with van der Waals surface area (Å²) in [6.07, 6.45) is 0. The number of carbonyl (C=O) groups excluding carboxylic acids is 2. The van der Waals surface area contributed by atoms with Gasteiger partial charge in [-0.3, -0.25) is 9.59 Å². The first-order chi connectivity index (χ1) is 13.7. The standard InChI is InChI=1S/C21H24F3N3O2/c1-4-27(12-15-8-6-5-7-9-15)21(29)14(2)26(3)13-18(28)25-17-11-10-16(22)19(23)20(17)24/h5-11,14H,4,12-13H2,1-3H3,(H,25,28)/p+1/t14-/m0/s1. The Balaban J connectivity index is 1.97. The fraction of sp³-hybridized carbons (Fsp3) is 0.333. The highest BCUT2D eigenvalue weighted by atomic mass is 19.2. The summed E-state index contributed by atoms with van der Waals surface area (Å²) in [4.78, 5) is 27.3. The van der Waals surface area contributed by atoms with Gasteiger partial charge in [0.25, 0.3) is 11.8 Å². The van der Waals surface area contributed by atoms with Crippen molar-refractivity contribution in [2.75, 3.05) is 25.5 Å². The molecule has 0 aliphatic heterocycles. The van der Waals surface area contributed by atoms with E-state index in [1.807, 2.05) is 37.3 Å². The van der Waals surface area contributed by atoms with E-state index in [2.05, 4.69) is 5.32 Å². The van der Waals surface area contributed by atoms with E-state index in [1.54, 1.807) is 18.9 Å². The summed E-state index contributed by atoms with van der Waals surface area (Å²) < 4.78 is 40.0. The number of likely N-dealkylation sites (N-methyl/N-ethyl adjacent to an activating group) is 2. The number of anilines is 1. The van der Waals surface area contributed by atoms with Crippen LogP contribution in [0, 0.1) is 17.5 Å². The number of quaternary nitrogens is 1. The van der Waals surface area contributed by atoms with Crippen molar-refractivity contribution in [3.8, 4) is 0 Å². The Morgan fingerprint density at radius 3 is 2.34 bits per heavy atom. The fourth-order valence-electron chi connectivity index (χ4n) is 2.86. The number of hydrogen-bond donors (Lipinski definition) is 2. The molecule has 0 saturated carbocycles. The maximum absolute atomic E-state index is 13.7. The molecule has 2 atom stereocenters. The summed E-state index contributed by atoms with van der Waals surface area (Å²) >= 11 is 0. The molecule has 0 aliphatic rings. The Morgan fingerprint density at radius 2 is 1.72 bits per heavy atom. The number of halogens is 3. The first-order valence-corrected chi connectivity index (χ1v) is 9.33. The number of amides is 2. The Kier molecular flexibility index (Phi) is 7.78. The Bertz CT molecular complexity index is 862. The molecule has 0 aliphatic carbocycles. The van der Waals surface area contributed by atoms with Crippen LogP contribution in [0.4, 0.5) is 18.9 Å². The van der Waals surface area contributed by atoms with E-state index in [9.17, 15) is 22.8 Å². The van der Waals surface area contributed by atoms with Gasteiger partial charge >= 0.3 is 0 Å². The molecule has 0 radical (unpaired) electrons. The molecule has 0 heterocycles. The molecular formula is C21H25F3N3O2+. The number of nitrogens with one attached hydrogen (secondary N) is 2. The SMILES string of the molecule is CCN(Cc1ccccc1)C(=O)[C@H](C)[NH+](C)CC(=O)Nc1ccc(F)c(F)c1F. The summed E-state index contributed by atoms with van der Waals surface area (Å²) in [7, 11) is 1.67. The minimum absolute atomic E-state index is 0.124. The molecule has 156 valence electrons. The van der Waals surface area contributed by atoms with Crippen molar-refractivity contribution < 1.29 is 27.7 Å². The lowest BCUT2D eigenvalue weighted by Gasteiger charge is -2.27. The van der Waals surface area contributed by atoms with Gasteiger partial charge in [0.15, 0.2) is 30.0 Å². The molecule has 5 nitrogen and oxygen atoms in total. The Morgan fingerprint density at radius 1 is 1.07 bits per heavy atom.